The Hall–Kier alpha value is -1.35. The predicted octanol–water partition coefficient (Wildman–Crippen LogP) is 2.62. The minimum absolute atomic E-state index is 0. The Labute approximate surface area is 120 Å². The molecule has 104 valence electrons. The molecule has 0 radical (unpaired) electrons. The number of hydrogen-bond acceptors (Lipinski definition) is 3. The van der Waals surface area contributed by atoms with E-state index in [4.69, 9.17) is 0 Å². The van der Waals surface area contributed by atoms with Crippen LogP contribution in [-0.4, -0.2) is 24.7 Å². The van der Waals surface area contributed by atoms with Crippen molar-refractivity contribution in [2.75, 3.05) is 13.1 Å². The summed E-state index contributed by atoms with van der Waals surface area (Å²) in [5, 5.41) is 3.25. The molecular formula is C15H21ClN2O. The molecule has 0 saturated carbocycles. The number of hydrogen-bond donors (Lipinski definition) is 1. The molecule has 0 amide bonds. The largest absolute Gasteiger partial charge is 0.368 e. The number of benzene rings is 1. The lowest BCUT2D eigenvalue weighted by Crippen LogP contribution is -2.19. The normalized spacial score (nSPS) is 13.7. The molecule has 0 unspecified atom stereocenters. The first-order chi connectivity index (χ1) is 8.65. The number of ketones is 1. The van der Waals surface area contributed by atoms with E-state index >= 15 is 0 Å². The van der Waals surface area contributed by atoms with E-state index in [1.165, 1.54) is 0 Å². The molecule has 0 spiro atoms. The highest BCUT2D eigenvalue weighted by atomic mass is 35.5. The highest BCUT2D eigenvalue weighted by Crippen LogP contribution is 2.11. The summed E-state index contributed by atoms with van der Waals surface area (Å²) in [6, 6.07) is 8.11. The highest BCUT2D eigenvalue weighted by molar-refractivity contribution is 6.00. The number of nitrogens with zero attached hydrogens (tertiary/aromatic N) is 1. The van der Waals surface area contributed by atoms with Crippen LogP contribution in [0.3, 0.4) is 0 Å². The lowest BCUT2D eigenvalue weighted by molar-refractivity contribution is -0.119. The molecule has 0 bridgehead atoms. The van der Waals surface area contributed by atoms with E-state index in [-0.39, 0.29) is 12.4 Å². The second-order valence-corrected chi connectivity index (χ2v) is 5.17. The molecule has 2 rings (SSSR count). The molecular weight excluding hydrogens is 260 g/mol. The number of amidine groups is 1. The van der Waals surface area contributed by atoms with Crippen molar-refractivity contribution < 1.29 is 4.79 Å². The van der Waals surface area contributed by atoms with Gasteiger partial charge in [0.2, 0.25) is 0 Å². The maximum absolute atomic E-state index is 11.8. The minimum atomic E-state index is 0. The number of rotatable bonds is 5. The fraction of sp³-hybridized carbons (Fsp3) is 0.467. The zero-order chi connectivity index (χ0) is 13.0. The van der Waals surface area contributed by atoms with Gasteiger partial charge in [-0.1, -0.05) is 32.0 Å². The molecule has 0 atom stereocenters. The summed E-state index contributed by atoms with van der Waals surface area (Å²) in [7, 11) is 0. The number of aliphatic imine (C=N–C) groups is 1. The first-order valence-electron chi connectivity index (χ1n) is 6.54. The SMILES string of the molecule is CC(C)CC(=O)Cc1cccc(C2=NCCN2)c1.Cl. The number of Topliss-reactive ketones (excluding diaryl/α,β-unsaturated/α-hetero) is 1. The van der Waals surface area contributed by atoms with Crippen LogP contribution in [0.5, 0.6) is 0 Å². The molecule has 1 aliphatic rings. The van der Waals surface area contributed by atoms with Crippen LogP contribution in [0, 0.1) is 5.92 Å². The van der Waals surface area contributed by atoms with Gasteiger partial charge in [-0.2, -0.15) is 0 Å². The van der Waals surface area contributed by atoms with E-state index in [0.717, 1.165) is 30.1 Å². The lowest BCUT2D eigenvalue weighted by atomic mass is 10.00. The highest BCUT2D eigenvalue weighted by Gasteiger charge is 2.10. The number of carbonyl (C=O) groups excluding carboxylic acids is 1. The second-order valence-electron chi connectivity index (χ2n) is 5.17. The van der Waals surface area contributed by atoms with Gasteiger partial charge in [-0.25, -0.2) is 0 Å². The molecule has 1 aromatic carbocycles. The fourth-order valence-electron chi connectivity index (χ4n) is 2.18. The first kappa shape index (κ1) is 15.7. The Bertz CT molecular complexity index is 469. The quantitative estimate of drug-likeness (QED) is 0.901. The maximum Gasteiger partial charge on any atom is 0.137 e. The number of halogens is 1. The predicted molar refractivity (Wildman–Crippen MR) is 81.3 cm³/mol. The van der Waals surface area contributed by atoms with Gasteiger partial charge in [-0.05, 0) is 17.5 Å². The third kappa shape index (κ3) is 4.67. The summed E-state index contributed by atoms with van der Waals surface area (Å²) in [6.07, 6.45) is 1.18. The Morgan fingerprint density at radius 3 is 2.84 bits per heavy atom. The van der Waals surface area contributed by atoms with E-state index < -0.39 is 0 Å². The third-order valence-electron chi connectivity index (χ3n) is 2.91. The zero-order valence-corrected chi connectivity index (χ0v) is 12.3. The van der Waals surface area contributed by atoms with Crippen molar-refractivity contribution in [3.8, 4) is 0 Å². The molecule has 4 heteroatoms. The maximum atomic E-state index is 11.8. The minimum Gasteiger partial charge on any atom is -0.368 e. The third-order valence-corrected chi connectivity index (χ3v) is 2.91. The van der Waals surface area contributed by atoms with Gasteiger partial charge in [-0.15, -0.1) is 12.4 Å². The molecule has 0 aliphatic carbocycles. The van der Waals surface area contributed by atoms with Gasteiger partial charge in [0.1, 0.15) is 11.6 Å². The van der Waals surface area contributed by atoms with Gasteiger partial charge in [0.05, 0.1) is 6.54 Å². The van der Waals surface area contributed by atoms with Crippen LogP contribution in [0.2, 0.25) is 0 Å². The van der Waals surface area contributed by atoms with E-state index in [9.17, 15) is 4.79 Å². The van der Waals surface area contributed by atoms with Gasteiger partial charge in [0.15, 0.2) is 0 Å². The van der Waals surface area contributed by atoms with Crippen LogP contribution in [0.4, 0.5) is 0 Å². The molecule has 1 aliphatic heterocycles. The van der Waals surface area contributed by atoms with Crippen molar-refractivity contribution in [2.45, 2.75) is 26.7 Å². The average Bonchev–Trinajstić information content (AvgIpc) is 2.81. The van der Waals surface area contributed by atoms with Crippen molar-refractivity contribution >= 4 is 24.0 Å². The van der Waals surface area contributed by atoms with Crippen molar-refractivity contribution in [3.05, 3.63) is 35.4 Å². The second kappa shape index (κ2) is 7.29. The summed E-state index contributed by atoms with van der Waals surface area (Å²) in [6.45, 7) is 5.90. The molecule has 1 N–H and O–H groups in total. The summed E-state index contributed by atoms with van der Waals surface area (Å²) in [5.74, 6) is 1.69. The van der Waals surface area contributed by atoms with E-state index in [1.54, 1.807) is 0 Å². The van der Waals surface area contributed by atoms with E-state index in [1.807, 2.05) is 18.2 Å². The van der Waals surface area contributed by atoms with Crippen LogP contribution >= 0.6 is 12.4 Å². The Morgan fingerprint density at radius 1 is 1.42 bits per heavy atom. The average molecular weight is 281 g/mol. The van der Waals surface area contributed by atoms with Gasteiger partial charge in [-0.3, -0.25) is 9.79 Å². The van der Waals surface area contributed by atoms with Crippen LogP contribution in [0.15, 0.2) is 29.3 Å². The smallest absolute Gasteiger partial charge is 0.137 e. The summed E-state index contributed by atoms with van der Waals surface area (Å²) < 4.78 is 0. The summed E-state index contributed by atoms with van der Waals surface area (Å²) >= 11 is 0. The van der Waals surface area contributed by atoms with E-state index in [0.29, 0.717) is 24.5 Å². The topological polar surface area (TPSA) is 41.5 Å². The van der Waals surface area contributed by atoms with E-state index in [2.05, 4.69) is 30.2 Å². The zero-order valence-electron chi connectivity index (χ0n) is 11.5. The molecule has 0 fully saturated rings. The lowest BCUT2D eigenvalue weighted by Gasteiger charge is -2.07. The number of nitrogens with one attached hydrogen (secondary N) is 1. The van der Waals surface area contributed by atoms with Crippen molar-refractivity contribution in [2.24, 2.45) is 10.9 Å². The monoisotopic (exact) mass is 280 g/mol. The fourth-order valence-corrected chi connectivity index (χ4v) is 2.18. The van der Waals surface area contributed by atoms with Crippen molar-refractivity contribution in [1.82, 2.24) is 5.32 Å². The van der Waals surface area contributed by atoms with Crippen molar-refractivity contribution in [1.29, 1.82) is 0 Å². The van der Waals surface area contributed by atoms with Crippen LogP contribution in [0.1, 0.15) is 31.4 Å². The number of carbonyl (C=O) groups is 1. The van der Waals surface area contributed by atoms with Crippen molar-refractivity contribution in [3.63, 3.8) is 0 Å². The molecule has 1 aromatic rings. The Morgan fingerprint density at radius 2 is 2.21 bits per heavy atom. The Balaban J connectivity index is 0.00000180. The molecule has 0 aromatic heterocycles. The van der Waals surface area contributed by atoms with Gasteiger partial charge in [0, 0.05) is 24.9 Å². The standard InChI is InChI=1S/C15H20N2O.ClH/c1-11(2)8-14(18)10-12-4-3-5-13(9-12)15-16-6-7-17-15;/h3-5,9,11H,6-8,10H2,1-2H3,(H,16,17);1H. The van der Waals surface area contributed by atoms with Gasteiger partial charge >= 0.3 is 0 Å². The van der Waals surface area contributed by atoms with Crippen LogP contribution in [-0.2, 0) is 11.2 Å². The van der Waals surface area contributed by atoms with Gasteiger partial charge < -0.3 is 5.32 Å². The molecule has 3 nitrogen and oxygen atoms in total. The Kier molecular flexibility index (Phi) is 6.03. The van der Waals surface area contributed by atoms with Crippen LogP contribution in [0.25, 0.3) is 0 Å². The summed E-state index contributed by atoms with van der Waals surface area (Å²) in [4.78, 5) is 16.2. The summed E-state index contributed by atoms with van der Waals surface area (Å²) in [5.41, 5.74) is 2.16. The molecule has 1 heterocycles. The first-order valence-corrected chi connectivity index (χ1v) is 6.54. The van der Waals surface area contributed by atoms with Crippen LogP contribution < -0.4 is 5.32 Å². The molecule has 19 heavy (non-hydrogen) atoms. The van der Waals surface area contributed by atoms with Gasteiger partial charge in [0.25, 0.3) is 0 Å². The molecule has 0 saturated heterocycles.